The number of rotatable bonds is 11. The topological polar surface area (TPSA) is 233 Å². The summed E-state index contributed by atoms with van der Waals surface area (Å²) in [5.41, 5.74) is 0.208. The van der Waals surface area contributed by atoms with Gasteiger partial charge in [0.15, 0.2) is 17.4 Å². The summed E-state index contributed by atoms with van der Waals surface area (Å²) in [6, 6.07) is 1.99. The molecule has 0 spiro atoms. The van der Waals surface area contributed by atoms with E-state index in [9.17, 15) is 29.5 Å². The SMILES string of the molecule is CO[C@H](COP(=O)(O)CP(=O)(O)O)[C@@H](O)[C@@H](O)c1cnc2c(NC3CCCC3)nc(C#N)nn12. The van der Waals surface area contributed by atoms with Crippen molar-refractivity contribution >= 4 is 26.7 Å². The van der Waals surface area contributed by atoms with E-state index in [-0.39, 0.29) is 23.2 Å². The predicted molar refractivity (Wildman–Crippen MR) is 116 cm³/mol. The molecule has 15 nitrogen and oxygen atoms in total. The van der Waals surface area contributed by atoms with Crippen LogP contribution in [0.2, 0.25) is 0 Å². The van der Waals surface area contributed by atoms with E-state index in [1.807, 2.05) is 6.07 Å². The Kier molecular flexibility index (Phi) is 8.41. The monoisotopic (exact) mass is 520 g/mol. The minimum Gasteiger partial charge on any atom is -0.387 e. The lowest BCUT2D eigenvalue weighted by molar-refractivity contribution is -0.0926. The Hall–Kier alpha value is -1.98. The lowest BCUT2D eigenvalue weighted by Gasteiger charge is -2.26. The van der Waals surface area contributed by atoms with Crippen LogP contribution in [0.4, 0.5) is 5.82 Å². The van der Waals surface area contributed by atoms with Gasteiger partial charge in [-0.15, -0.1) is 5.10 Å². The second kappa shape index (κ2) is 10.7. The maximum atomic E-state index is 11.9. The number of aromatic nitrogens is 4. The van der Waals surface area contributed by atoms with Gasteiger partial charge in [0.2, 0.25) is 0 Å². The highest BCUT2D eigenvalue weighted by Gasteiger charge is 2.36. The molecule has 2 aromatic heterocycles. The van der Waals surface area contributed by atoms with Gasteiger partial charge in [-0.2, -0.15) is 10.2 Å². The Morgan fingerprint density at radius 1 is 1.29 bits per heavy atom. The summed E-state index contributed by atoms with van der Waals surface area (Å²) < 4.78 is 33.7. The number of hydrogen-bond acceptors (Lipinski definition) is 11. The molecule has 1 unspecified atom stereocenters. The summed E-state index contributed by atoms with van der Waals surface area (Å²) in [5.74, 6) is -1.30. The number of nitrogens with zero attached hydrogens (tertiary/aromatic N) is 5. The summed E-state index contributed by atoms with van der Waals surface area (Å²) >= 11 is 0. The van der Waals surface area contributed by atoms with Crippen LogP contribution in [0.3, 0.4) is 0 Å². The minimum atomic E-state index is -4.84. The van der Waals surface area contributed by atoms with E-state index in [1.54, 1.807) is 0 Å². The summed E-state index contributed by atoms with van der Waals surface area (Å²) in [5, 5.41) is 38.0. The van der Waals surface area contributed by atoms with Crippen LogP contribution in [-0.2, 0) is 18.4 Å². The molecule has 1 aliphatic rings. The van der Waals surface area contributed by atoms with Crippen LogP contribution >= 0.6 is 15.2 Å². The summed E-state index contributed by atoms with van der Waals surface area (Å²) in [4.78, 5) is 35.7. The molecule has 0 bridgehead atoms. The molecule has 6 N–H and O–H groups in total. The zero-order valence-electron chi connectivity index (χ0n) is 18.1. The number of imidazole rings is 1. The Bertz CT molecular complexity index is 1140. The highest BCUT2D eigenvalue weighted by Crippen LogP contribution is 2.55. The van der Waals surface area contributed by atoms with E-state index in [0.717, 1.165) is 37.3 Å². The third-order valence-corrected chi connectivity index (χ3v) is 8.75. The average Bonchev–Trinajstić information content (AvgIpc) is 3.41. The van der Waals surface area contributed by atoms with Crippen molar-refractivity contribution in [3.05, 3.63) is 17.7 Å². The fourth-order valence-corrected chi connectivity index (χ4v) is 6.22. The van der Waals surface area contributed by atoms with Gasteiger partial charge in [0, 0.05) is 13.2 Å². The van der Waals surface area contributed by atoms with Crippen molar-refractivity contribution in [1.29, 1.82) is 5.26 Å². The van der Waals surface area contributed by atoms with Crippen molar-refractivity contribution < 1.29 is 43.3 Å². The summed E-state index contributed by atoms with van der Waals surface area (Å²) in [7, 11) is -8.40. The van der Waals surface area contributed by atoms with Crippen molar-refractivity contribution in [1.82, 2.24) is 19.6 Å². The molecule has 0 radical (unpaired) electrons. The van der Waals surface area contributed by atoms with Crippen molar-refractivity contribution in [2.24, 2.45) is 0 Å². The molecule has 1 aliphatic carbocycles. The number of aliphatic hydroxyl groups excluding tert-OH is 2. The second-order valence-corrected chi connectivity index (χ2v) is 11.9. The number of anilines is 1. The lowest BCUT2D eigenvalue weighted by Crippen LogP contribution is -2.37. The van der Waals surface area contributed by atoms with Crippen molar-refractivity contribution in [2.45, 2.75) is 50.0 Å². The Morgan fingerprint density at radius 2 is 1.97 bits per heavy atom. The Morgan fingerprint density at radius 3 is 2.56 bits per heavy atom. The van der Waals surface area contributed by atoms with Gasteiger partial charge in [-0.1, -0.05) is 12.8 Å². The molecule has 0 amide bonds. The number of fused-ring (bicyclic) bond motifs is 1. The molecule has 2 heterocycles. The number of methoxy groups -OCH3 is 1. The lowest BCUT2D eigenvalue weighted by atomic mass is 10.1. The third-order valence-electron chi connectivity index (χ3n) is 5.30. The second-order valence-electron chi connectivity index (χ2n) is 7.89. The molecule has 2 aromatic rings. The number of nitriles is 1. The predicted octanol–water partition coefficient (Wildman–Crippen LogP) is 0.0970. The summed E-state index contributed by atoms with van der Waals surface area (Å²) in [6.07, 6.45) is 0.422. The summed E-state index contributed by atoms with van der Waals surface area (Å²) in [6.45, 7) is -0.758. The molecule has 0 saturated heterocycles. The number of hydrogen-bond donors (Lipinski definition) is 6. The quantitative estimate of drug-likeness (QED) is 0.216. The van der Waals surface area contributed by atoms with Crippen molar-refractivity contribution in [2.75, 3.05) is 24.9 Å². The molecule has 3 rings (SSSR count). The van der Waals surface area contributed by atoms with Gasteiger partial charge in [-0.3, -0.25) is 9.13 Å². The fraction of sp³-hybridized carbons (Fsp3) is 0.647. The zero-order chi connectivity index (χ0) is 25.1. The Balaban J connectivity index is 1.82. The smallest absolute Gasteiger partial charge is 0.340 e. The van der Waals surface area contributed by atoms with E-state index >= 15 is 0 Å². The minimum absolute atomic E-state index is 0.0136. The molecular formula is C17H26N6O9P2. The maximum absolute atomic E-state index is 11.9. The van der Waals surface area contributed by atoms with Crippen LogP contribution in [-0.4, -0.2) is 82.3 Å². The molecule has 4 atom stereocenters. The van der Waals surface area contributed by atoms with Gasteiger partial charge >= 0.3 is 15.2 Å². The molecule has 1 saturated carbocycles. The Labute approximate surface area is 194 Å². The first-order valence-corrected chi connectivity index (χ1v) is 13.8. The van der Waals surface area contributed by atoms with Gasteiger partial charge in [-0.05, 0) is 12.8 Å². The average molecular weight is 520 g/mol. The first-order valence-electron chi connectivity index (χ1n) is 10.3. The van der Waals surface area contributed by atoms with E-state index in [2.05, 4.69) is 24.9 Å². The van der Waals surface area contributed by atoms with E-state index in [4.69, 9.17) is 14.5 Å². The van der Waals surface area contributed by atoms with Crippen LogP contribution in [0.1, 0.15) is 43.3 Å². The molecule has 1 fully saturated rings. The highest BCUT2D eigenvalue weighted by molar-refractivity contribution is 7.70. The first-order chi connectivity index (χ1) is 15.9. The van der Waals surface area contributed by atoms with E-state index < -0.39 is 46.0 Å². The maximum Gasteiger partial charge on any atom is 0.340 e. The van der Waals surface area contributed by atoms with Gasteiger partial charge in [0.05, 0.1) is 18.5 Å². The number of aliphatic hydroxyl groups is 2. The third kappa shape index (κ3) is 6.57. The molecular weight excluding hydrogens is 494 g/mol. The van der Waals surface area contributed by atoms with Crippen LogP contribution < -0.4 is 5.32 Å². The van der Waals surface area contributed by atoms with E-state index in [0.29, 0.717) is 5.82 Å². The highest BCUT2D eigenvalue weighted by atomic mass is 31.2. The van der Waals surface area contributed by atoms with Crippen LogP contribution in [0.5, 0.6) is 0 Å². The van der Waals surface area contributed by atoms with Gasteiger partial charge in [-0.25, -0.2) is 9.50 Å². The number of nitrogens with one attached hydrogen (secondary N) is 1. The van der Waals surface area contributed by atoms with Crippen LogP contribution in [0.15, 0.2) is 6.20 Å². The zero-order valence-corrected chi connectivity index (χ0v) is 19.9. The fourth-order valence-electron chi connectivity index (χ4n) is 3.66. The van der Waals surface area contributed by atoms with E-state index in [1.165, 1.54) is 6.20 Å². The van der Waals surface area contributed by atoms with Gasteiger partial charge in [0.25, 0.3) is 5.82 Å². The first kappa shape index (κ1) is 26.6. The standard InChI is InChI=1S/C17H26N6O9P2/c1-31-12(8-32-34(29,30)9-33(26,27)28)15(25)14(24)11-7-19-17-16(20-10-4-2-3-5-10)21-13(6-18)22-23(11)17/h7,10,12,14-15,24-25H,2-5,8-9H2,1H3,(H,29,30)(H,20,21,22)(H2,26,27,28)/t12-,14+,15-/m1/s1. The number of ether oxygens (including phenoxy) is 1. The largest absolute Gasteiger partial charge is 0.387 e. The molecule has 34 heavy (non-hydrogen) atoms. The molecule has 188 valence electrons. The van der Waals surface area contributed by atoms with Crippen LogP contribution in [0, 0.1) is 11.3 Å². The normalized spacial score (nSPS) is 19.4. The van der Waals surface area contributed by atoms with Crippen LogP contribution in [0.25, 0.3) is 5.65 Å². The van der Waals surface area contributed by atoms with Crippen molar-refractivity contribution in [3.63, 3.8) is 0 Å². The van der Waals surface area contributed by atoms with Crippen molar-refractivity contribution in [3.8, 4) is 6.07 Å². The van der Waals surface area contributed by atoms with Gasteiger partial charge < -0.3 is 39.5 Å². The molecule has 17 heteroatoms. The molecule has 0 aliphatic heterocycles. The van der Waals surface area contributed by atoms with Gasteiger partial charge in [0.1, 0.15) is 24.4 Å². The molecule has 0 aromatic carbocycles.